The number of rotatable bonds is 2. The van der Waals surface area contributed by atoms with E-state index in [0.717, 1.165) is 56.2 Å². The van der Waals surface area contributed by atoms with Crippen LogP contribution < -0.4 is 5.32 Å². The molecular formula is C16H24N4O. The fraction of sp³-hybridized carbons (Fsp3) is 0.625. The van der Waals surface area contributed by atoms with Crippen molar-refractivity contribution in [2.24, 2.45) is 0 Å². The van der Waals surface area contributed by atoms with Gasteiger partial charge in [-0.3, -0.25) is 14.7 Å². The highest BCUT2D eigenvalue weighted by Gasteiger charge is 2.28. The zero-order valence-corrected chi connectivity index (χ0v) is 12.9. The molecule has 0 spiro atoms. The van der Waals surface area contributed by atoms with E-state index in [9.17, 15) is 4.79 Å². The predicted octanol–water partition coefficient (Wildman–Crippen LogP) is 0.818. The van der Waals surface area contributed by atoms with Crippen LogP contribution >= 0.6 is 0 Å². The zero-order chi connectivity index (χ0) is 14.8. The lowest BCUT2D eigenvalue weighted by Gasteiger charge is -2.37. The summed E-state index contributed by atoms with van der Waals surface area (Å²) in [5, 5.41) is 3.41. The Labute approximate surface area is 126 Å². The minimum absolute atomic E-state index is 0.129. The van der Waals surface area contributed by atoms with Crippen molar-refractivity contribution in [2.75, 3.05) is 39.3 Å². The van der Waals surface area contributed by atoms with Crippen LogP contribution in [0.3, 0.4) is 0 Å². The second kappa shape index (κ2) is 6.12. The molecule has 114 valence electrons. The molecule has 1 amide bonds. The SMILES string of the molecule is Cc1ccc(C(=O)N2CCN(C3CCNC3)CC2)c(C)n1. The number of amides is 1. The van der Waals surface area contributed by atoms with Crippen LogP contribution in [-0.2, 0) is 0 Å². The van der Waals surface area contributed by atoms with Crippen LogP contribution in [0.15, 0.2) is 12.1 Å². The van der Waals surface area contributed by atoms with Gasteiger partial charge in [0, 0.05) is 44.5 Å². The van der Waals surface area contributed by atoms with Crippen molar-refractivity contribution in [3.8, 4) is 0 Å². The molecule has 0 aliphatic carbocycles. The first-order valence-corrected chi connectivity index (χ1v) is 7.83. The molecule has 2 fully saturated rings. The quantitative estimate of drug-likeness (QED) is 0.875. The van der Waals surface area contributed by atoms with Gasteiger partial charge in [0.1, 0.15) is 0 Å². The van der Waals surface area contributed by atoms with E-state index in [1.165, 1.54) is 6.42 Å². The van der Waals surface area contributed by atoms with E-state index in [4.69, 9.17) is 0 Å². The predicted molar refractivity (Wildman–Crippen MR) is 82.5 cm³/mol. The third-order valence-corrected chi connectivity index (χ3v) is 4.61. The van der Waals surface area contributed by atoms with Crippen molar-refractivity contribution in [1.82, 2.24) is 20.1 Å². The highest BCUT2D eigenvalue weighted by molar-refractivity contribution is 5.95. The van der Waals surface area contributed by atoms with Crippen LogP contribution in [0.5, 0.6) is 0 Å². The summed E-state index contributed by atoms with van der Waals surface area (Å²) in [5.74, 6) is 0.129. The van der Waals surface area contributed by atoms with Crippen molar-refractivity contribution in [3.63, 3.8) is 0 Å². The maximum absolute atomic E-state index is 12.6. The third kappa shape index (κ3) is 3.09. The number of nitrogens with one attached hydrogen (secondary N) is 1. The van der Waals surface area contributed by atoms with Crippen molar-refractivity contribution in [2.45, 2.75) is 26.3 Å². The molecule has 5 heteroatoms. The van der Waals surface area contributed by atoms with Gasteiger partial charge in [-0.2, -0.15) is 0 Å². The molecule has 2 aliphatic heterocycles. The number of piperazine rings is 1. The van der Waals surface area contributed by atoms with E-state index in [0.29, 0.717) is 6.04 Å². The Morgan fingerprint density at radius 3 is 2.62 bits per heavy atom. The number of carbonyl (C=O) groups excluding carboxylic acids is 1. The van der Waals surface area contributed by atoms with Gasteiger partial charge < -0.3 is 10.2 Å². The van der Waals surface area contributed by atoms with E-state index in [-0.39, 0.29) is 5.91 Å². The molecule has 5 nitrogen and oxygen atoms in total. The summed E-state index contributed by atoms with van der Waals surface area (Å²) >= 11 is 0. The summed E-state index contributed by atoms with van der Waals surface area (Å²) in [5.41, 5.74) is 2.54. The second-order valence-corrected chi connectivity index (χ2v) is 6.06. The van der Waals surface area contributed by atoms with Crippen LogP contribution in [0.25, 0.3) is 0 Å². The maximum atomic E-state index is 12.6. The highest BCUT2D eigenvalue weighted by Crippen LogP contribution is 2.15. The molecule has 1 aromatic rings. The molecule has 0 aromatic carbocycles. The Morgan fingerprint density at radius 1 is 1.24 bits per heavy atom. The molecule has 3 rings (SSSR count). The van der Waals surface area contributed by atoms with Crippen molar-refractivity contribution in [1.29, 1.82) is 0 Å². The molecule has 1 atom stereocenters. The average molecular weight is 288 g/mol. The molecule has 2 saturated heterocycles. The Morgan fingerprint density at radius 2 is 2.00 bits per heavy atom. The standard InChI is InChI=1S/C16H24N4O/c1-12-3-4-15(13(2)18-12)16(21)20-9-7-19(8-10-20)14-5-6-17-11-14/h3-4,14,17H,5-11H2,1-2H3. The monoisotopic (exact) mass is 288 g/mol. The minimum Gasteiger partial charge on any atom is -0.336 e. The topological polar surface area (TPSA) is 48.5 Å². The number of nitrogens with zero attached hydrogens (tertiary/aromatic N) is 3. The van der Waals surface area contributed by atoms with Crippen molar-refractivity contribution in [3.05, 3.63) is 29.1 Å². The summed E-state index contributed by atoms with van der Waals surface area (Å²) in [4.78, 5) is 21.5. The van der Waals surface area contributed by atoms with E-state index in [2.05, 4.69) is 15.2 Å². The molecule has 21 heavy (non-hydrogen) atoms. The highest BCUT2D eigenvalue weighted by atomic mass is 16.2. The van der Waals surface area contributed by atoms with Gasteiger partial charge in [-0.15, -0.1) is 0 Å². The molecule has 1 aromatic heterocycles. The first-order valence-electron chi connectivity index (χ1n) is 7.83. The van der Waals surface area contributed by atoms with Crippen molar-refractivity contribution < 1.29 is 4.79 Å². The number of carbonyl (C=O) groups is 1. The van der Waals surface area contributed by atoms with Gasteiger partial charge in [-0.1, -0.05) is 0 Å². The molecular weight excluding hydrogens is 264 g/mol. The lowest BCUT2D eigenvalue weighted by molar-refractivity contribution is 0.0582. The molecule has 0 bridgehead atoms. The van der Waals surface area contributed by atoms with E-state index >= 15 is 0 Å². The van der Waals surface area contributed by atoms with Gasteiger partial charge in [0.25, 0.3) is 5.91 Å². The smallest absolute Gasteiger partial charge is 0.255 e. The summed E-state index contributed by atoms with van der Waals surface area (Å²) in [7, 11) is 0. The first kappa shape index (κ1) is 14.5. The summed E-state index contributed by atoms with van der Waals surface area (Å²) in [6.45, 7) is 9.70. The Bertz CT molecular complexity index is 517. The van der Waals surface area contributed by atoms with Gasteiger partial charge in [-0.05, 0) is 38.9 Å². The zero-order valence-electron chi connectivity index (χ0n) is 12.9. The lowest BCUT2D eigenvalue weighted by atomic mass is 10.1. The molecule has 1 N–H and O–H groups in total. The number of hydrogen-bond donors (Lipinski definition) is 1. The van der Waals surface area contributed by atoms with Crippen molar-refractivity contribution >= 4 is 5.91 Å². The van der Waals surface area contributed by atoms with Crippen LogP contribution in [-0.4, -0.2) is 66.0 Å². The van der Waals surface area contributed by atoms with Crippen LogP contribution in [0.2, 0.25) is 0 Å². The Kier molecular flexibility index (Phi) is 4.22. The van der Waals surface area contributed by atoms with Crippen LogP contribution in [0.1, 0.15) is 28.2 Å². The fourth-order valence-electron chi connectivity index (χ4n) is 3.32. The van der Waals surface area contributed by atoms with Gasteiger partial charge in [-0.25, -0.2) is 0 Å². The normalized spacial score (nSPS) is 23.5. The number of hydrogen-bond acceptors (Lipinski definition) is 4. The van der Waals surface area contributed by atoms with Gasteiger partial charge in [0.15, 0.2) is 0 Å². The van der Waals surface area contributed by atoms with Crippen LogP contribution in [0.4, 0.5) is 0 Å². The fourth-order valence-corrected chi connectivity index (χ4v) is 3.32. The van der Waals surface area contributed by atoms with E-state index in [1.54, 1.807) is 0 Å². The lowest BCUT2D eigenvalue weighted by Crippen LogP contribution is -2.52. The Hall–Kier alpha value is -1.46. The minimum atomic E-state index is 0.129. The van der Waals surface area contributed by atoms with Gasteiger partial charge in [0.05, 0.1) is 11.3 Å². The van der Waals surface area contributed by atoms with Gasteiger partial charge in [0.2, 0.25) is 0 Å². The largest absolute Gasteiger partial charge is 0.336 e. The van der Waals surface area contributed by atoms with E-state index < -0.39 is 0 Å². The molecule has 0 radical (unpaired) electrons. The van der Waals surface area contributed by atoms with Gasteiger partial charge >= 0.3 is 0 Å². The molecule has 1 unspecified atom stereocenters. The summed E-state index contributed by atoms with van der Waals surface area (Å²) < 4.78 is 0. The second-order valence-electron chi connectivity index (χ2n) is 6.06. The third-order valence-electron chi connectivity index (χ3n) is 4.61. The summed E-state index contributed by atoms with van der Waals surface area (Å²) in [6.07, 6.45) is 1.23. The number of aryl methyl sites for hydroxylation is 2. The number of pyridine rings is 1. The summed E-state index contributed by atoms with van der Waals surface area (Å²) in [6, 6.07) is 4.48. The number of aromatic nitrogens is 1. The first-order chi connectivity index (χ1) is 10.1. The molecule has 3 heterocycles. The molecule has 0 saturated carbocycles. The van der Waals surface area contributed by atoms with Crippen LogP contribution in [0, 0.1) is 13.8 Å². The maximum Gasteiger partial charge on any atom is 0.255 e. The Balaban J connectivity index is 1.62. The van der Waals surface area contributed by atoms with E-state index in [1.807, 2.05) is 30.9 Å². The molecule has 2 aliphatic rings. The average Bonchev–Trinajstić information content (AvgIpc) is 3.01.